The second kappa shape index (κ2) is 11.5. The van der Waals surface area contributed by atoms with Crippen molar-refractivity contribution < 1.29 is 23.4 Å². The van der Waals surface area contributed by atoms with Gasteiger partial charge in [-0.05, 0) is 62.4 Å². The predicted octanol–water partition coefficient (Wildman–Crippen LogP) is 6.45. The Morgan fingerprint density at radius 1 is 1.18 bits per heavy atom. The van der Waals surface area contributed by atoms with Crippen LogP contribution in [0, 0.1) is 0 Å². The van der Waals surface area contributed by atoms with E-state index in [-0.39, 0.29) is 24.3 Å². The van der Waals surface area contributed by atoms with Gasteiger partial charge < -0.3 is 18.6 Å². The van der Waals surface area contributed by atoms with Gasteiger partial charge in [0.2, 0.25) is 5.82 Å². The van der Waals surface area contributed by atoms with Crippen molar-refractivity contribution in [1.82, 2.24) is 9.66 Å². The molecule has 2 heterocycles. The number of furan rings is 1. The van der Waals surface area contributed by atoms with Crippen LogP contribution in [0.15, 0.2) is 79.4 Å². The molecule has 0 unspecified atom stereocenters. The van der Waals surface area contributed by atoms with Crippen molar-refractivity contribution in [3.05, 3.63) is 86.1 Å². The largest absolute Gasteiger partial charge is 0.493 e. The van der Waals surface area contributed by atoms with Crippen LogP contribution in [0.4, 0.5) is 0 Å². The smallest absolute Gasteiger partial charge is 0.344 e. The van der Waals surface area contributed by atoms with Gasteiger partial charge in [-0.1, -0.05) is 39.7 Å². The van der Waals surface area contributed by atoms with E-state index in [0.717, 1.165) is 10.1 Å². The number of hydrogen-bond donors (Lipinski definition) is 0. The van der Waals surface area contributed by atoms with Crippen molar-refractivity contribution in [3.8, 4) is 23.1 Å². The first kappa shape index (κ1) is 27.4. The Balaban J connectivity index is 1.63. The average molecular weight is 625 g/mol. The summed E-state index contributed by atoms with van der Waals surface area (Å²) in [6.07, 6.45) is 1.14. The van der Waals surface area contributed by atoms with E-state index in [1.54, 1.807) is 74.5 Å². The Morgan fingerprint density at radius 2 is 1.98 bits per heavy atom. The van der Waals surface area contributed by atoms with E-state index in [1.807, 2.05) is 0 Å². The molecular formula is C29H23BrClN3O6. The fourth-order valence-corrected chi connectivity index (χ4v) is 4.69. The highest BCUT2D eigenvalue weighted by Gasteiger charge is 2.18. The number of aromatic nitrogens is 2. The van der Waals surface area contributed by atoms with E-state index >= 15 is 0 Å². The molecule has 9 nitrogen and oxygen atoms in total. The van der Waals surface area contributed by atoms with Crippen LogP contribution in [0.2, 0.25) is 5.02 Å². The molecule has 0 bridgehead atoms. The minimum Gasteiger partial charge on any atom is -0.493 e. The number of esters is 1. The van der Waals surface area contributed by atoms with Gasteiger partial charge in [-0.3, -0.25) is 4.79 Å². The number of halogens is 2. The molecule has 11 heteroatoms. The monoisotopic (exact) mass is 623 g/mol. The van der Waals surface area contributed by atoms with Crippen molar-refractivity contribution >= 4 is 61.6 Å². The van der Waals surface area contributed by atoms with Gasteiger partial charge in [-0.25, -0.2) is 9.78 Å². The summed E-state index contributed by atoms with van der Waals surface area (Å²) in [7, 11) is 1.48. The van der Waals surface area contributed by atoms with Crippen molar-refractivity contribution in [2.75, 3.05) is 13.7 Å². The van der Waals surface area contributed by atoms with Crippen molar-refractivity contribution in [2.45, 2.75) is 20.0 Å². The number of para-hydroxylation sites is 1. The van der Waals surface area contributed by atoms with Crippen LogP contribution in [-0.4, -0.2) is 41.7 Å². The highest BCUT2D eigenvalue weighted by atomic mass is 79.9. The number of hydrogen-bond acceptors (Lipinski definition) is 8. The Hall–Kier alpha value is -4.15. The lowest BCUT2D eigenvalue weighted by Crippen LogP contribution is -2.20. The number of carbonyl (C=O) groups is 1. The minimum atomic E-state index is -0.537. The molecule has 0 spiro atoms. The Kier molecular flexibility index (Phi) is 7.90. The third-order valence-electron chi connectivity index (χ3n) is 5.73. The molecule has 0 saturated carbocycles. The quantitative estimate of drug-likeness (QED) is 0.144. The summed E-state index contributed by atoms with van der Waals surface area (Å²) in [4.78, 5) is 30.5. The summed E-state index contributed by atoms with van der Waals surface area (Å²) in [6, 6.07) is 17.4. The number of fused-ring (bicyclic) bond motifs is 2. The molecule has 0 N–H and O–H groups in total. The fourth-order valence-electron chi connectivity index (χ4n) is 4.05. The van der Waals surface area contributed by atoms with Crippen LogP contribution in [0.3, 0.4) is 0 Å². The maximum atomic E-state index is 13.6. The molecule has 204 valence electrons. The van der Waals surface area contributed by atoms with Gasteiger partial charge in [0.1, 0.15) is 5.58 Å². The Morgan fingerprint density at radius 3 is 2.75 bits per heavy atom. The zero-order valence-corrected chi connectivity index (χ0v) is 24.0. The molecule has 5 aromatic rings. The molecular weight excluding hydrogens is 602 g/mol. The minimum absolute atomic E-state index is 0.192. The van der Waals surface area contributed by atoms with Gasteiger partial charge in [0.15, 0.2) is 23.9 Å². The predicted molar refractivity (Wildman–Crippen MR) is 157 cm³/mol. The second-order valence-electron chi connectivity index (χ2n) is 8.96. The number of ether oxygens (including phenoxy) is 3. The zero-order valence-electron chi connectivity index (χ0n) is 21.7. The fraction of sp³-hybridized carbons (Fsp3) is 0.172. The van der Waals surface area contributed by atoms with E-state index in [2.05, 4.69) is 21.0 Å². The molecule has 0 amide bonds. The van der Waals surface area contributed by atoms with Crippen molar-refractivity contribution in [1.29, 1.82) is 0 Å². The van der Waals surface area contributed by atoms with Crippen LogP contribution < -0.4 is 15.0 Å². The van der Waals surface area contributed by atoms with E-state index < -0.39 is 11.5 Å². The van der Waals surface area contributed by atoms with E-state index in [0.29, 0.717) is 43.1 Å². The summed E-state index contributed by atoms with van der Waals surface area (Å²) in [5.74, 6) is 0.586. The van der Waals surface area contributed by atoms with Gasteiger partial charge in [0.25, 0.3) is 5.56 Å². The van der Waals surface area contributed by atoms with E-state index in [1.165, 1.54) is 13.3 Å². The van der Waals surface area contributed by atoms with Gasteiger partial charge >= 0.3 is 5.97 Å². The van der Waals surface area contributed by atoms with E-state index in [4.69, 9.17) is 35.2 Å². The molecule has 40 heavy (non-hydrogen) atoms. The number of nitrogens with zero attached hydrogens (tertiary/aromatic N) is 3. The summed E-state index contributed by atoms with van der Waals surface area (Å²) in [5, 5.41) is 6.18. The van der Waals surface area contributed by atoms with Gasteiger partial charge in [0, 0.05) is 20.4 Å². The van der Waals surface area contributed by atoms with Crippen LogP contribution >= 0.6 is 27.5 Å². The highest BCUT2D eigenvalue weighted by Crippen LogP contribution is 2.34. The molecule has 0 aliphatic carbocycles. The molecule has 0 fully saturated rings. The second-order valence-corrected chi connectivity index (χ2v) is 10.3. The molecule has 0 atom stereocenters. The summed E-state index contributed by atoms with van der Waals surface area (Å²) in [6.45, 7) is 3.15. The van der Waals surface area contributed by atoms with Crippen LogP contribution in [-0.2, 0) is 9.53 Å². The maximum Gasteiger partial charge on any atom is 0.344 e. The number of rotatable bonds is 8. The first-order valence-electron chi connectivity index (χ1n) is 12.2. The summed E-state index contributed by atoms with van der Waals surface area (Å²) >= 11 is 9.61. The van der Waals surface area contributed by atoms with Crippen LogP contribution in [0.25, 0.3) is 33.5 Å². The maximum absolute atomic E-state index is 13.6. The molecule has 3 aromatic carbocycles. The molecule has 0 aliphatic rings. The van der Waals surface area contributed by atoms with Crippen molar-refractivity contribution in [3.63, 3.8) is 0 Å². The third-order valence-corrected chi connectivity index (χ3v) is 6.43. The zero-order chi connectivity index (χ0) is 28.4. The summed E-state index contributed by atoms with van der Waals surface area (Å²) in [5.41, 5.74) is 1.11. The normalized spacial score (nSPS) is 11.6. The lowest BCUT2D eigenvalue weighted by atomic mass is 10.2. The molecule has 0 radical (unpaired) electrons. The number of carbonyl (C=O) groups excluding carboxylic acids is 1. The van der Waals surface area contributed by atoms with Gasteiger partial charge in [0.05, 0.1) is 30.3 Å². The lowest BCUT2D eigenvalue weighted by molar-refractivity contribution is -0.149. The highest BCUT2D eigenvalue weighted by molar-refractivity contribution is 9.10. The SMILES string of the molecule is COc1cc(Br)cc(C=Nn2c(-c3cc4cc(Cl)ccc4o3)nc3ccccc3c2=O)c1OCC(=O)OC(C)C. The number of benzene rings is 3. The Labute approximate surface area is 242 Å². The molecule has 2 aromatic heterocycles. The first-order chi connectivity index (χ1) is 19.2. The molecule has 0 saturated heterocycles. The van der Waals surface area contributed by atoms with Crippen LogP contribution in [0.5, 0.6) is 11.5 Å². The standard InChI is InChI=1S/C29H23BrClN3O6/c1-16(2)39-26(35)15-38-27-18(10-19(30)13-24(27)37-3)14-32-34-28(33-22-7-5-4-6-21(22)29(34)36)25-12-17-11-20(31)8-9-23(17)40-25/h4-14,16H,15H2,1-3H3. The third kappa shape index (κ3) is 5.73. The first-order valence-corrected chi connectivity index (χ1v) is 13.4. The topological polar surface area (TPSA) is 105 Å². The molecule has 5 rings (SSSR count). The van der Waals surface area contributed by atoms with Crippen LogP contribution in [0.1, 0.15) is 19.4 Å². The molecule has 0 aliphatic heterocycles. The Bertz CT molecular complexity index is 1830. The number of methoxy groups -OCH3 is 1. The van der Waals surface area contributed by atoms with Gasteiger partial charge in [-0.2, -0.15) is 9.78 Å². The van der Waals surface area contributed by atoms with E-state index in [9.17, 15) is 9.59 Å². The average Bonchev–Trinajstić information content (AvgIpc) is 3.34. The van der Waals surface area contributed by atoms with Crippen molar-refractivity contribution in [2.24, 2.45) is 5.10 Å². The lowest BCUT2D eigenvalue weighted by Gasteiger charge is -2.14. The summed E-state index contributed by atoms with van der Waals surface area (Å²) < 4.78 is 24.3. The van der Waals surface area contributed by atoms with Gasteiger partial charge in [-0.15, -0.1) is 0 Å².